The fourth-order valence-corrected chi connectivity index (χ4v) is 2.69. The number of carbonyl (C=O) groups is 1. The summed E-state index contributed by atoms with van der Waals surface area (Å²) in [4.78, 5) is 10.9. The predicted octanol–water partition coefficient (Wildman–Crippen LogP) is 2.46. The van der Waals surface area contributed by atoms with Crippen molar-refractivity contribution < 1.29 is 9.53 Å². The molecule has 2 nitrogen and oxygen atoms in total. The lowest BCUT2D eigenvalue weighted by molar-refractivity contribution is -0.151. The molecule has 0 radical (unpaired) electrons. The van der Waals surface area contributed by atoms with Crippen molar-refractivity contribution in [2.45, 2.75) is 32.3 Å². The van der Waals surface area contributed by atoms with Gasteiger partial charge in [0.05, 0.1) is 0 Å². The summed E-state index contributed by atoms with van der Waals surface area (Å²) in [5.74, 6) is 0.647. The van der Waals surface area contributed by atoms with Crippen LogP contribution in [0.15, 0.2) is 24.3 Å². The van der Waals surface area contributed by atoms with Gasteiger partial charge in [-0.2, -0.15) is 0 Å². The number of esters is 1. The highest BCUT2D eigenvalue weighted by Crippen LogP contribution is 2.47. The van der Waals surface area contributed by atoms with Gasteiger partial charge in [0, 0.05) is 12.8 Å². The predicted molar refractivity (Wildman–Crippen MR) is 54.7 cm³/mol. The molecule has 0 aromatic heterocycles. The molecule has 0 N–H and O–H groups in total. The molecule has 14 heavy (non-hydrogen) atoms. The smallest absolute Gasteiger partial charge is 0.302 e. The van der Waals surface area contributed by atoms with E-state index < -0.39 is 0 Å². The molecule has 2 bridgehead atoms. The molecule has 0 amide bonds. The number of ether oxygens (including phenoxy) is 1. The van der Waals surface area contributed by atoms with Crippen LogP contribution in [0.2, 0.25) is 0 Å². The fraction of sp³-hybridized carbons (Fsp3) is 0.583. The Morgan fingerprint density at radius 1 is 1.36 bits per heavy atom. The number of rotatable bonds is 1. The molecule has 76 valence electrons. The number of hydrogen-bond acceptors (Lipinski definition) is 2. The molecule has 3 fully saturated rings. The number of fused-ring (bicyclic) bond motifs is 3. The van der Waals surface area contributed by atoms with Crippen molar-refractivity contribution in [1.29, 1.82) is 0 Å². The normalized spacial score (nSPS) is 35.9. The van der Waals surface area contributed by atoms with Crippen molar-refractivity contribution >= 4 is 5.97 Å². The Hall–Kier alpha value is -1.05. The Balaban J connectivity index is 2.14. The Morgan fingerprint density at radius 2 is 2.07 bits per heavy atom. The minimum Gasteiger partial charge on any atom is -0.462 e. The van der Waals surface area contributed by atoms with Crippen LogP contribution in [0.25, 0.3) is 0 Å². The molecular weight excluding hydrogens is 176 g/mol. The maximum atomic E-state index is 10.9. The summed E-state index contributed by atoms with van der Waals surface area (Å²) >= 11 is 0. The Kier molecular flexibility index (Phi) is 2.22. The zero-order valence-electron chi connectivity index (χ0n) is 8.58. The maximum Gasteiger partial charge on any atom is 0.302 e. The summed E-state index contributed by atoms with van der Waals surface area (Å²) < 4.78 is 5.30. The molecule has 0 heterocycles. The van der Waals surface area contributed by atoms with E-state index in [-0.39, 0.29) is 12.1 Å². The summed E-state index contributed by atoms with van der Waals surface area (Å²) in [5, 5.41) is 0. The van der Waals surface area contributed by atoms with Crippen molar-refractivity contribution in [2.75, 3.05) is 0 Å². The average Bonchev–Trinajstić information content (AvgIpc) is 2.12. The third-order valence-corrected chi connectivity index (χ3v) is 3.46. The molecular formula is C12H16O2. The highest BCUT2D eigenvalue weighted by molar-refractivity contribution is 5.66. The lowest BCUT2D eigenvalue weighted by atomic mass is 9.64. The fourth-order valence-electron chi connectivity index (χ4n) is 2.69. The first kappa shape index (κ1) is 9.50. The van der Waals surface area contributed by atoms with E-state index in [0.717, 1.165) is 18.4 Å². The highest BCUT2D eigenvalue weighted by atomic mass is 16.5. The minimum atomic E-state index is -0.180. The lowest BCUT2D eigenvalue weighted by Gasteiger charge is -2.44. The third kappa shape index (κ3) is 1.39. The van der Waals surface area contributed by atoms with Crippen LogP contribution in [0.5, 0.6) is 0 Å². The van der Waals surface area contributed by atoms with Crippen LogP contribution in [-0.2, 0) is 9.53 Å². The minimum absolute atomic E-state index is 0.0595. The number of allylic oxidation sites excluding steroid dienone is 1. The molecule has 0 aromatic carbocycles. The van der Waals surface area contributed by atoms with E-state index in [0.29, 0.717) is 11.8 Å². The van der Waals surface area contributed by atoms with Crippen molar-refractivity contribution in [3.8, 4) is 0 Å². The second-order valence-corrected chi connectivity index (χ2v) is 4.31. The van der Waals surface area contributed by atoms with E-state index in [1.165, 1.54) is 18.9 Å². The van der Waals surface area contributed by atoms with E-state index in [2.05, 4.69) is 13.2 Å². The highest BCUT2D eigenvalue weighted by Gasteiger charge is 2.41. The molecule has 2 unspecified atom stereocenters. The first-order chi connectivity index (χ1) is 6.59. The molecule has 0 spiro atoms. The summed E-state index contributed by atoms with van der Waals surface area (Å²) in [7, 11) is 0. The zero-order chi connectivity index (χ0) is 10.3. The topological polar surface area (TPSA) is 26.3 Å². The molecule has 2 heteroatoms. The quantitative estimate of drug-likeness (QED) is 0.596. The molecule has 3 aliphatic carbocycles. The van der Waals surface area contributed by atoms with Gasteiger partial charge < -0.3 is 4.74 Å². The van der Waals surface area contributed by atoms with E-state index >= 15 is 0 Å². The second kappa shape index (κ2) is 3.26. The Morgan fingerprint density at radius 3 is 2.64 bits per heavy atom. The monoisotopic (exact) mass is 192 g/mol. The van der Waals surface area contributed by atoms with Crippen molar-refractivity contribution in [2.24, 2.45) is 11.8 Å². The van der Waals surface area contributed by atoms with Gasteiger partial charge in [-0.25, -0.2) is 0 Å². The van der Waals surface area contributed by atoms with Crippen molar-refractivity contribution in [3.05, 3.63) is 24.3 Å². The van der Waals surface area contributed by atoms with Crippen LogP contribution in [0.4, 0.5) is 0 Å². The van der Waals surface area contributed by atoms with E-state index in [4.69, 9.17) is 4.74 Å². The third-order valence-electron chi connectivity index (χ3n) is 3.46. The van der Waals surface area contributed by atoms with Gasteiger partial charge in [-0.1, -0.05) is 13.2 Å². The number of hydrogen-bond donors (Lipinski definition) is 0. The van der Waals surface area contributed by atoms with Crippen LogP contribution in [0.3, 0.4) is 0 Å². The van der Waals surface area contributed by atoms with Crippen LogP contribution < -0.4 is 0 Å². The largest absolute Gasteiger partial charge is 0.462 e. The van der Waals surface area contributed by atoms with Crippen LogP contribution >= 0.6 is 0 Å². The summed E-state index contributed by atoms with van der Waals surface area (Å²) in [6, 6.07) is 0. The van der Waals surface area contributed by atoms with Gasteiger partial charge in [-0.3, -0.25) is 4.79 Å². The van der Waals surface area contributed by atoms with E-state index in [9.17, 15) is 4.79 Å². The van der Waals surface area contributed by atoms with E-state index in [1.807, 2.05) is 0 Å². The zero-order valence-corrected chi connectivity index (χ0v) is 8.58. The molecule has 0 aromatic rings. The van der Waals surface area contributed by atoms with Crippen molar-refractivity contribution in [1.82, 2.24) is 0 Å². The first-order valence-corrected chi connectivity index (χ1v) is 5.14. The Labute approximate surface area is 84.6 Å². The average molecular weight is 192 g/mol. The van der Waals surface area contributed by atoms with E-state index in [1.54, 1.807) is 0 Å². The standard InChI is InChI=1S/C12H16O2/c1-7-8(2)11-5-4-10(7)6-12(11)14-9(3)13/h10-12H,1-2,4-6H2,3H3/t10?,11-,12?/m1/s1. The van der Waals surface area contributed by atoms with Crippen LogP contribution in [-0.4, -0.2) is 12.1 Å². The molecule has 3 rings (SSSR count). The van der Waals surface area contributed by atoms with Gasteiger partial charge in [-0.15, -0.1) is 0 Å². The van der Waals surface area contributed by atoms with Crippen molar-refractivity contribution in [3.63, 3.8) is 0 Å². The molecule has 3 aliphatic rings. The molecule has 3 saturated carbocycles. The van der Waals surface area contributed by atoms with Gasteiger partial charge >= 0.3 is 5.97 Å². The Bertz CT molecular complexity index is 303. The maximum absolute atomic E-state index is 10.9. The van der Waals surface area contributed by atoms with Crippen LogP contribution in [0.1, 0.15) is 26.2 Å². The second-order valence-electron chi connectivity index (χ2n) is 4.31. The van der Waals surface area contributed by atoms with Gasteiger partial charge in [0.1, 0.15) is 6.10 Å². The first-order valence-electron chi connectivity index (χ1n) is 5.14. The lowest BCUT2D eigenvalue weighted by Crippen LogP contribution is -2.40. The summed E-state index contributed by atoms with van der Waals surface area (Å²) in [5.41, 5.74) is 2.29. The SMILES string of the molecule is C=C1C(=C)[C@H]2CCC1CC2OC(C)=O. The molecule has 0 aliphatic heterocycles. The molecule has 3 atom stereocenters. The van der Waals surface area contributed by atoms with Crippen LogP contribution in [0, 0.1) is 11.8 Å². The number of carbonyl (C=O) groups excluding carboxylic acids is 1. The van der Waals surface area contributed by atoms with Gasteiger partial charge in [0.15, 0.2) is 0 Å². The van der Waals surface area contributed by atoms with Gasteiger partial charge in [0.25, 0.3) is 0 Å². The summed E-state index contributed by atoms with van der Waals surface area (Å²) in [6.07, 6.45) is 3.28. The summed E-state index contributed by atoms with van der Waals surface area (Å²) in [6.45, 7) is 9.57. The molecule has 0 saturated heterocycles. The van der Waals surface area contributed by atoms with Gasteiger partial charge in [-0.05, 0) is 36.3 Å². The van der Waals surface area contributed by atoms with Gasteiger partial charge in [0.2, 0.25) is 0 Å².